The van der Waals surface area contributed by atoms with E-state index >= 15 is 0 Å². The Labute approximate surface area is 144 Å². The van der Waals surface area contributed by atoms with Gasteiger partial charge in [0.2, 0.25) is 0 Å². The topological polar surface area (TPSA) is 59.0 Å². The van der Waals surface area contributed by atoms with Crippen molar-refractivity contribution >= 4 is 11.7 Å². The molecule has 0 saturated heterocycles. The number of anilines is 1. The number of carbonyl (C=O) groups excluding carboxylic acids is 1. The van der Waals surface area contributed by atoms with Gasteiger partial charge in [0.1, 0.15) is 0 Å². The molecule has 5 nitrogen and oxygen atoms in total. The highest BCUT2D eigenvalue weighted by molar-refractivity contribution is 5.89. The second-order valence-corrected chi connectivity index (χ2v) is 6.24. The summed E-state index contributed by atoms with van der Waals surface area (Å²) in [4.78, 5) is 12.0. The summed E-state index contributed by atoms with van der Waals surface area (Å²) in [6.45, 7) is 4.42. The number of aryl methyl sites for hydroxylation is 1. The molecule has 0 radical (unpaired) electrons. The number of hydrogen-bond donors (Lipinski definition) is 2. The van der Waals surface area contributed by atoms with E-state index in [1.807, 2.05) is 24.3 Å². The molecular weight excluding hydrogens is 333 g/mol. The number of halogens is 3. The third-order valence-electron chi connectivity index (χ3n) is 3.53. The van der Waals surface area contributed by atoms with Gasteiger partial charge in [-0.1, -0.05) is 38.1 Å². The van der Waals surface area contributed by atoms with Crippen molar-refractivity contribution in [3.05, 3.63) is 47.3 Å². The van der Waals surface area contributed by atoms with Crippen molar-refractivity contribution in [3.8, 4) is 0 Å². The lowest BCUT2D eigenvalue weighted by molar-refractivity contribution is -0.140. The van der Waals surface area contributed by atoms with E-state index in [2.05, 4.69) is 29.6 Å². The number of rotatable bonds is 5. The smallest absolute Gasteiger partial charge is 0.334 e. The highest BCUT2D eigenvalue weighted by Gasteiger charge is 2.37. The second kappa shape index (κ2) is 7.58. The van der Waals surface area contributed by atoms with Crippen molar-refractivity contribution in [3.63, 3.8) is 0 Å². The molecule has 0 aliphatic heterocycles. The zero-order valence-electron chi connectivity index (χ0n) is 14.3. The molecule has 2 N–H and O–H groups in total. The Morgan fingerprint density at radius 1 is 1.24 bits per heavy atom. The van der Waals surface area contributed by atoms with Crippen LogP contribution in [0, 0.1) is 5.92 Å². The minimum absolute atomic E-state index is 0.232. The molecule has 2 rings (SSSR count). The molecule has 0 spiro atoms. The Morgan fingerprint density at radius 2 is 1.88 bits per heavy atom. The van der Waals surface area contributed by atoms with Crippen molar-refractivity contribution in [2.75, 3.05) is 5.32 Å². The van der Waals surface area contributed by atoms with E-state index in [4.69, 9.17) is 0 Å². The number of hydrogen-bond acceptors (Lipinski definition) is 2. The van der Waals surface area contributed by atoms with Gasteiger partial charge >= 0.3 is 12.2 Å². The van der Waals surface area contributed by atoms with E-state index in [9.17, 15) is 18.0 Å². The minimum Gasteiger partial charge on any atom is -0.334 e. The minimum atomic E-state index is -4.63. The van der Waals surface area contributed by atoms with E-state index < -0.39 is 17.9 Å². The fourth-order valence-corrected chi connectivity index (χ4v) is 2.50. The SMILES string of the molecule is CC(C)Cc1ccccc1CNC(=O)Nc1cn(C)nc1C(F)(F)F. The standard InChI is InChI=1S/C17H21F3N4O/c1-11(2)8-12-6-4-5-7-13(12)9-21-16(25)22-14-10-24(3)23-15(14)17(18,19)20/h4-7,10-11H,8-9H2,1-3H3,(H2,21,22,25). The van der Waals surface area contributed by atoms with Crippen LogP contribution in [0.1, 0.15) is 30.7 Å². The number of benzene rings is 1. The number of aromatic nitrogens is 2. The number of carbonyl (C=O) groups is 1. The van der Waals surface area contributed by atoms with Crippen LogP contribution in [-0.4, -0.2) is 15.8 Å². The number of alkyl halides is 3. The van der Waals surface area contributed by atoms with Gasteiger partial charge in [-0.3, -0.25) is 4.68 Å². The van der Waals surface area contributed by atoms with E-state index in [1.165, 1.54) is 7.05 Å². The van der Waals surface area contributed by atoms with Crippen LogP contribution >= 0.6 is 0 Å². The first-order chi connectivity index (χ1) is 11.7. The lowest BCUT2D eigenvalue weighted by Gasteiger charge is -2.13. The quantitative estimate of drug-likeness (QED) is 0.854. The first kappa shape index (κ1) is 18.8. The van der Waals surface area contributed by atoms with Gasteiger partial charge in [0.15, 0.2) is 5.69 Å². The average molecular weight is 354 g/mol. The van der Waals surface area contributed by atoms with Crippen molar-refractivity contribution in [1.29, 1.82) is 0 Å². The van der Waals surface area contributed by atoms with Gasteiger partial charge in [0.25, 0.3) is 0 Å². The summed E-state index contributed by atoms with van der Waals surface area (Å²) in [6.07, 6.45) is -2.65. The zero-order valence-corrected chi connectivity index (χ0v) is 14.3. The van der Waals surface area contributed by atoms with Crippen molar-refractivity contribution in [2.45, 2.75) is 33.0 Å². The largest absolute Gasteiger partial charge is 0.437 e. The Hall–Kier alpha value is -2.51. The molecule has 25 heavy (non-hydrogen) atoms. The monoisotopic (exact) mass is 354 g/mol. The maximum atomic E-state index is 12.9. The summed E-state index contributed by atoms with van der Waals surface area (Å²) in [5, 5.41) is 8.16. The van der Waals surface area contributed by atoms with E-state index in [0.717, 1.165) is 28.4 Å². The number of amides is 2. The molecule has 0 unspecified atom stereocenters. The number of nitrogens with one attached hydrogen (secondary N) is 2. The lowest BCUT2D eigenvalue weighted by atomic mass is 9.98. The molecule has 1 heterocycles. The summed E-state index contributed by atoms with van der Waals surface area (Å²) in [5.41, 5.74) is 0.553. The van der Waals surface area contributed by atoms with Gasteiger partial charge < -0.3 is 10.6 Å². The van der Waals surface area contributed by atoms with Crippen molar-refractivity contribution in [2.24, 2.45) is 13.0 Å². The molecule has 2 aromatic rings. The predicted octanol–water partition coefficient (Wildman–Crippen LogP) is 3.96. The maximum Gasteiger partial charge on any atom is 0.437 e. The van der Waals surface area contributed by atoms with E-state index in [1.54, 1.807) is 0 Å². The molecule has 0 fully saturated rings. The van der Waals surface area contributed by atoms with E-state index in [-0.39, 0.29) is 12.2 Å². The molecule has 0 aliphatic carbocycles. The predicted molar refractivity (Wildman–Crippen MR) is 89.1 cm³/mol. The summed E-state index contributed by atoms with van der Waals surface area (Å²) >= 11 is 0. The van der Waals surface area contributed by atoms with Gasteiger partial charge in [-0.2, -0.15) is 18.3 Å². The van der Waals surface area contributed by atoms with Crippen LogP contribution in [0.4, 0.5) is 23.7 Å². The summed E-state index contributed by atoms with van der Waals surface area (Å²) < 4.78 is 39.7. The Kier molecular flexibility index (Phi) is 5.71. The van der Waals surface area contributed by atoms with Crippen LogP contribution in [0.3, 0.4) is 0 Å². The average Bonchev–Trinajstić information content (AvgIpc) is 2.86. The molecule has 0 atom stereocenters. The van der Waals surface area contributed by atoms with Crippen LogP contribution in [0.25, 0.3) is 0 Å². The molecule has 2 amide bonds. The van der Waals surface area contributed by atoms with Crippen LogP contribution in [-0.2, 0) is 26.2 Å². The Balaban J connectivity index is 2.03. The van der Waals surface area contributed by atoms with Crippen LogP contribution in [0.15, 0.2) is 30.5 Å². The number of urea groups is 1. The molecule has 1 aromatic heterocycles. The first-order valence-corrected chi connectivity index (χ1v) is 7.89. The Morgan fingerprint density at radius 3 is 2.48 bits per heavy atom. The molecule has 0 saturated carbocycles. The van der Waals surface area contributed by atoms with Gasteiger partial charge in [-0.05, 0) is 23.5 Å². The summed E-state index contributed by atoms with van der Waals surface area (Å²) in [6, 6.07) is 6.95. The molecule has 8 heteroatoms. The fourth-order valence-electron chi connectivity index (χ4n) is 2.50. The highest BCUT2D eigenvalue weighted by Crippen LogP contribution is 2.33. The first-order valence-electron chi connectivity index (χ1n) is 7.89. The Bertz CT molecular complexity index is 738. The third kappa shape index (κ3) is 5.23. The zero-order chi connectivity index (χ0) is 18.6. The molecule has 136 valence electrons. The third-order valence-corrected chi connectivity index (χ3v) is 3.53. The fraction of sp³-hybridized carbons (Fsp3) is 0.412. The molecule has 0 bridgehead atoms. The molecule has 0 aliphatic rings. The van der Waals surface area contributed by atoms with Gasteiger partial charge in [-0.25, -0.2) is 4.79 Å². The van der Waals surface area contributed by atoms with Gasteiger partial charge in [0.05, 0.1) is 5.69 Å². The molecule has 1 aromatic carbocycles. The number of nitrogens with zero attached hydrogens (tertiary/aromatic N) is 2. The van der Waals surface area contributed by atoms with E-state index in [0.29, 0.717) is 5.92 Å². The van der Waals surface area contributed by atoms with Gasteiger partial charge in [-0.15, -0.1) is 0 Å². The molecular formula is C17H21F3N4O. The van der Waals surface area contributed by atoms with Crippen LogP contribution in [0.2, 0.25) is 0 Å². The second-order valence-electron chi connectivity index (χ2n) is 6.24. The van der Waals surface area contributed by atoms with Crippen molar-refractivity contribution in [1.82, 2.24) is 15.1 Å². The maximum absolute atomic E-state index is 12.9. The normalized spacial score (nSPS) is 11.6. The van der Waals surface area contributed by atoms with Gasteiger partial charge in [0, 0.05) is 19.8 Å². The lowest BCUT2D eigenvalue weighted by Crippen LogP contribution is -2.29. The highest BCUT2D eigenvalue weighted by atomic mass is 19.4. The van der Waals surface area contributed by atoms with Crippen LogP contribution in [0.5, 0.6) is 0 Å². The van der Waals surface area contributed by atoms with Crippen molar-refractivity contribution < 1.29 is 18.0 Å². The van der Waals surface area contributed by atoms with Crippen LogP contribution < -0.4 is 10.6 Å². The summed E-state index contributed by atoms with van der Waals surface area (Å²) in [7, 11) is 1.36. The summed E-state index contributed by atoms with van der Waals surface area (Å²) in [5.74, 6) is 0.458.